The van der Waals surface area contributed by atoms with Gasteiger partial charge < -0.3 is 5.32 Å². The lowest BCUT2D eigenvalue weighted by molar-refractivity contribution is 0.596. The Kier molecular flexibility index (Phi) is 3.35. The molecule has 88 valence electrons. The van der Waals surface area contributed by atoms with Gasteiger partial charge in [-0.25, -0.2) is 13.4 Å². The summed E-state index contributed by atoms with van der Waals surface area (Å²) >= 11 is 5.74. The van der Waals surface area contributed by atoms with Gasteiger partial charge in [-0.3, -0.25) is 0 Å². The minimum absolute atomic E-state index is 0.206. The fraction of sp³-hybridized carbons (Fsp3) is 0.500. The number of aromatic nitrogens is 1. The zero-order chi connectivity index (χ0) is 11.6. The van der Waals surface area contributed by atoms with E-state index in [-0.39, 0.29) is 5.92 Å². The van der Waals surface area contributed by atoms with Gasteiger partial charge in [0.05, 0.1) is 11.5 Å². The van der Waals surface area contributed by atoms with Crippen LogP contribution in [-0.2, 0) is 9.84 Å². The lowest BCUT2D eigenvalue weighted by atomic mass is 10.1. The summed E-state index contributed by atoms with van der Waals surface area (Å²) in [6.45, 7) is 0.666. The Labute approximate surface area is 99.9 Å². The van der Waals surface area contributed by atoms with E-state index in [4.69, 9.17) is 11.6 Å². The molecule has 1 aromatic heterocycles. The van der Waals surface area contributed by atoms with E-state index in [0.29, 0.717) is 23.2 Å². The molecule has 6 heteroatoms. The zero-order valence-electron chi connectivity index (χ0n) is 8.69. The summed E-state index contributed by atoms with van der Waals surface area (Å²) in [5, 5.41) is 3.61. The number of hydrogen-bond acceptors (Lipinski definition) is 4. The molecule has 1 aliphatic rings. The third kappa shape index (κ3) is 3.09. The molecule has 0 aromatic carbocycles. The summed E-state index contributed by atoms with van der Waals surface area (Å²) in [6.07, 6.45) is 2.37. The fourth-order valence-corrected chi connectivity index (χ4v) is 3.84. The molecule has 0 amide bonds. The van der Waals surface area contributed by atoms with Crippen LogP contribution in [0.15, 0.2) is 18.3 Å². The monoisotopic (exact) mass is 260 g/mol. The van der Waals surface area contributed by atoms with Gasteiger partial charge in [-0.05, 0) is 24.5 Å². The van der Waals surface area contributed by atoms with E-state index >= 15 is 0 Å². The van der Waals surface area contributed by atoms with E-state index in [1.54, 1.807) is 12.3 Å². The van der Waals surface area contributed by atoms with Gasteiger partial charge in [-0.15, -0.1) is 0 Å². The van der Waals surface area contributed by atoms with Crippen LogP contribution in [0.3, 0.4) is 0 Å². The van der Waals surface area contributed by atoms with Gasteiger partial charge in [0, 0.05) is 18.4 Å². The van der Waals surface area contributed by atoms with Crippen molar-refractivity contribution in [3.63, 3.8) is 0 Å². The number of halogens is 1. The van der Waals surface area contributed by atoms with Crippen LogP contribution in [0.4, 0.5) is 5.69 Å². The second-order valence-electron chi connectivity index (χ2n) is 4.02. The second-order valence-corrected chi connectivity index (χ2v) is 6.63. The van der Waals surface area contributed by atoms with Gasteiger partial charge in [0.1, 0.15) is 5.15 Å². The highest BCUT2D eigenvalue weighted by atomic mass is 35.5. The minimum Gasteiger partial charge on any atom is -0.385 e. The van der Waals surface area contributed by atoms with Gasteiger partial charge in [-0.1, -0.05) is 11.6 Å². The Bertz CT molecular complexity index is 475. The van der Waals surface area contributed by atoms with E-state index in [1.807, 2.05) is 6.07 Å². The quantitative estimate of drug-likeness (QED) is 0.839. The Hall–Kier alpha value is -0.810. The molecule has 2 heterocycles. The molecule has 16 heavy (non-hydrogen) atoms. The SMILES string of the molecule is O=S1(=O)CCC(CNc2ccnc(Cl)c2)C1. The number of hydrogen-bond donors (Lipinski definition) is 1. The first-order valence-corrected chi connectivity index (χ1v) is 7.31. The maximum atomic E-state index is 11.2. The highest BCUT2D eigenvalue weighted by Crippen LogP contribution is 2.19. The van der Waals surface area contributed by atoms with Gasteiger partial charge >= 0.3 is 0 Å². The number of anilines is 1. The van der Waals surface area contributed by atoms with Crippen LogP contribution in [0.25, 0.3) is 0 Å². The van der Waals surface area contributed by atoms with Gasteiger partial charge in [0.15, 0.2) is 9.84 Å². The molecule has 2 rings (SSSR count). The van der Waals surface area contributed by atoms with Gasteiger partial charge in [0.2, 0.25) is 0 Å². The largest absolute Gasteiger partial charge is 0.385 e. The molecule has 1 saturated heterocycles. The summed E-state index contributed by atoms with van der Waals surface area (Å²) in [5.74, 6) is 0.812. The number of nitrogens with zero attached hydrogens (tertiary/aromatic N) is 1. The first-order chi connectivity index (χ1) is 7.55. The van der Waals surface area contributed by atoms with Crippen LogP contribution in [0.5, 0.6) is 0 Å². The Morgan fingerprint density at radius 2 is 2.38 bits per heavy atom. The normalized spacial score (nSPS) is 23.2. The maximum absolute atomic E-state index is 11.2. The predicted octanol–water partition coefficient (Wildman–Crippen LogP) is 1.58. The van der Waals surface area contributed by atoms with Crippen molar-refractivity contribution in [1.82, 2.24) is 4.98 Å². The molecule has 4 nitrogen and oxygen atoms in total. The molecule has 1 aromatic rings. The molecule has 1 atom stereocenters. The third-order valence-corrected chi connectivity index (χ3v) is 4.69. The van der Waals surface area contributed by atoms with Crippen LogP contribution in [0.1, 0.15) is 6.42 Å². The Balaban J connectivity index is 1.89. The van der Waals surface area contributed by atoms with E-state index in [1.165, 1.54) is 0 Å². The molecule has 1 fully saturated rings. The van der Waals surface area contributed by atoms with Crippen molar-refractivity contribution in [2.75, 3.05) is 23.4 Å². The van der Waals surface area contributed by atoms with Crippen molar-refractivity contribution in [2.45, 2.75) is 6.42 Å². The first kappa shape index (κ1) is 11.7. The van der Waals surface area contributed by atoms with Crippen LogP contribution in [0.2, 0.25) is 5.15 Å². The van der Waals surface area contributed by atoms with Gasteiger partial charge in [0.25, 0.3) is 0 Å². The maximum Gasteiger partial charge on any atom is 0.150 e. The highest BCUT2D eigenvalue weighted by Gasteiger charge is 2.27. The van der Waals surface area contributed by atoms with E-state index < -0.39 is 9.84 Å². The molecule has 0 bridgehead atoms. The third-order valence-electron chi connectivity index (χ3n) is 2.65. The topological polar surface area (TPSA) is 59.1 Å². The van der Waals surface area contributed by atoms with Crippen LogP contribution in [-0.4, -0.2) is 31.5 Å². The standard InChI is InChI=1S/C10H13ClN2O2S/c11-10-5-9(1-3-12-10)13-6-8-2-4-16(14,15)7-8/h1,3,5,8H,2,4,6-7H2,(H,12,13). The van der Waals surface area contributed by atoms with Crippen molar-refractivity contribution in [2.24, 2.45) is 5.92 Å². The molecule has 0 aliphatic carbocycles. The zero-order valence-corrected chi connectivity index (χ0v) is 10.3. The summed E-state index contributed by atoms with van der Waals surface area (Å²) in [6, 6.07) is 3.54. The van der Waals surface area contributed by atoms with Gasteiger partial charge in [-0.2, -0.15) is 0 Å². The number of pyridine rings is 1. The minimum atomic E-state index is -2.79. The average molecular weight is 261 g/mol. The summed E-state index contributed by atoms with van der Waals surface area (Å²) in [4.78, 5) is 3.87. The summed E-state index contributed by atoms with van der Waals surface area (Å²) in [5.41, 5.74) is 0.879. The fourth-order valence-electron chi connectivity index (χ4n) is 1.81. The molecular weight excluding hydrogens is 248 g/mol. The summed E-state index contributed by atoms with van der Waals surface area (Å²) in [7, 11) is -2.79. The Morgan fingerprint density at radius 3 is 3.00 bits per heavy atom. The summed E-state index contributed by atoms with van der Waals surface area (Å²) < 4.78 is 22.5. The average Bonchev–Trinajstić information content (AvgIpc) is 2.56. The van der Waals surface area contributed by atoms with Crippen LogP contribution >= 0.6 is 11.6 Å². The van der Waals surface area contributed by atoms with Crippen LogP contribution in [0, 0.1) is 5.92 Å². The van der Waals surface area contributed by atoms with E-state index in [0.717, 1.165) is 12.1 Å². The van der Waals surface area contributed by atoms with Crippen molar-refractivity contribution < 1.29 is 8.42 Å². The predicted molar refractivity (Wildman–Crippen MR) is 64.5 cm³/mol. The molecular formula is C10H13ClN2O2S. The van der Waals surface area contributed by atoms with Crippen LogP contribution < -0.4 is 5.32 Å². The van der Waals surface area contributed by atoms with E-state index in [9.17, 15) is 8.42 Å². The molecule has 1 aliphatic heterocycles. The molecule has 0 saturated carbocycles. The van der Waals surface area contributed by atoms with Crippen molar-refractivity contribution in [1.29, 1.82) is 0 Å². The van der Waals surface area contributed by atoms with E-state index in [2.05, 4.69) is 10.3 Å². The number of sulfone groups is 1. The second kappa shape index (κ2) is 4.59. The number of nitrogens with one attached hydrogen (secondary N) is 1. The van der Waals surface area contributed by atoms with Crippen molar-refractivity contribution >= 4 is 27.1 Å². The Morgan fingerprint density at radius 1 is 1.56 bits per heavy atom. The molecule has 1 unspecified atom stereocenters. The number of rotatable bonds is 3. The lowest BCUT2D eigenvalue weighted by Gasteiger charge is -2.10. The van der Waals surface area contributed by atoms with Crippen molar-refractivity contribution in [3.8, 4) is 0 Å². The highest BCUT2D eigenvalue weighted by molar-refractivity contribution is 7.91. The van der Waals surface area contributed by atoms with Crippen molar-refractivity contribution in [3.05, 3.63) is 23.5 Å². The lowest BCUT2D eigenvalue weighted by Crippen LogP contribution is -2.15. The molecule has 1 N–H and O–H groups in total. The molecule has 0 spiro atoms. The molecule has 0 radical (unpaired) electrons. The first-order valence-electron chi connectivity index (χ1n) is 5.11. The smallest absolute Gasteiger partial charge is 0.150 e.